The highest BCUT2D eigenvalue weighted by atomic mass is 19.1. The predicted octanol–water partition coefficient (Wildman–Crippen LogP) is 3.88. The van der Waals surface area contributed by atoms with E-state index in [-0.39, 0.29) is 46.0 Å². The lowest BCUT2D eigenvalue weighted by atomic mass is 9.90. The van der Waals surface area contributed by atoms with Crippen LogP contribution in [0.4, 0.5) is 26.5 Å². The number of piperazine rings is 1. The minimum absolute atomic E-state index is 0.000345. The number of anilines is 3. The summed E-state index contributed by atoms with van der Waals surface area (Å²) in [7, 11) is 3.58. The molecule has 4 aromatic heterocycles. The van der Waals surface area contributed by atoms with Crippen molar-refractivity contribution in [2.24, 2.45) is 0 Å². The summed E-state index contributed by atoms with van der Waals surface area (Å²) in [5.74, 6) is -0.230. The fraction of sp³-hybridized carbons (Fsp3) is 0.485. The SMILES string of the molecule is COc1cc(-c2nn(C3CCC(N4CCN(C)CC4)CC3)c3ncnc(N)c23)c(F)cc1N(C(=O)OC(C)(C)C)n1ncc2c(N)ncnc21. The summed E-state index contributed by atoms with van der Waals surface area (Å²) in [6.07, 6.45) is 7.07. The number of aromatic nitrogens is 8. The van der Waals surface area contributed by atoms with Crippen molar-refractivity contribution >= 4 is 45.5 Å². The number of benzene rings is 1. The van der Waals surface area contributed by atoms with Gasteiger partial charge < -0.3 is 25.8 Å². The first-order chi connectivity index (χ1) is 23.9. The second-order valence-corrected chi connectivity index (χ2v) is 13.9. The minimum atomic E-state index is -0.898. The second-order valence-electron chi connectivity index (χ2n) is 13.9. The van der Waals surface area contributed by atoms with Crippen molar-refractivity contribution in [3.05, 3.63) is 36.8 Å². The normalized spacial score (nSPS) is 19.2. The van der Waals surface area contributed by atoms with Crippen molar-refractivity contribution in [3.63, 3.8) is 0 Å². The molecule has 0 radical (unpaired) electrons. The van der Waals surface area contributed by atoms with Gasteiger partial charge in [0, 0.05) is 43.9 Å². The number of nitrogen functional groups attached to an aromatic ring is 2. The number of hydrogen-bond donors (Lipinski definition) is 2. The van der Waals surface area contributed by atoms with E-state index in [1.54, 1.807) is 20.8 Å². The van der Waals surface area contributed by atoms with E-state index in [4.69, 9.17) is 26.0 Å². The molecule has 0 spiro atoms. The lowest BCUT2D eigenvalue weighted by molar-refractivity contribution is 0.0559. The number of nitrogens with two attached hydrogens (primary N) is 2. The maximum atomic E-state index is 16.6. The number of hydrogen-bond acceptors (Lipinski definition) is 13. The number of methoxy groups -OCH3 is 1. The average Bonchev–Trinajstić information content (AvgIpc) is 3.69. The molecule has 1 aliphatic carbocycles. The van der Waals surface area contributed by atoms with Crippen molar-refractivity contribution in [2.75, 3.05) is 56.8 Å². The third kappa shape index (κ3) is 6.10. The second kappa shape index (κ2) is 12.9. The van der Waals surface area contributed by atoms with Gasteiger partial charge in [-0.15, -0.1) is 4.79 Å². The topological polar surface area (TPSA) is 184 Å². The molecule has 50 heavy (non-hydrogen) atoms. The Morgan fingerprint density at radius 2 is 1.60 bits per heavy atom. The number of fused-ring (bicyclic) bond motifs is 2. The zero-order valence-corrected chi connectivity index (χ0v) is 28.9. The molecule has 0 bridgehead atoms. The van der Waals surface area contributed by atoms with Crippen molar-refractivity contribution < 1.29 is 18.7 Å². The van der Waals surface area contributed by atoms with Gasteiger partial charge >= 0.3 is 6.09 Å². The summed E-state index contributed by atoms with van der Waals surface area (Å²) in [4.78, 5) is 37.0. The number of halogens is 1. The predicted molar refractivity (Wildman–Crippen MR) is 186 cm³/mol. The van der Waals surface area contributed by atoms with E-state index < -0.39 is 17.5 Å². The van der Waals surface area contributed by atoms with Gasteiger partial charge in [-0.25, -0.2) is 33.8 Å². The number of nitrogens with zero attached hydrogens (tertiary/aromatic N) is 11. The molecule has 1 aromatic carbocycles. The highest BCUT2D eigenvalue weighted by Crippen LogP contribution is 2.41. The largest absolute Gasteiger partial charge is 0.494 e. The van der Waals surface area contributed by atoms with Crippen molar-refractivity contribution in [1.29, 1.82) is 0 Å². The maximum Gasteiger partial charge on any atom is 0.435 e. The molecule has 0 unspecified atom stereocenters. The van der Waals surface area contributed by atoms with Crippen LogP contribution in [0.15, 0.2) is 31.0 Å². The van der Waals surface area contributed by atoms with Crippen LogP contribution in [0.3, 0.4) is 0 Å². The Morgan fingerprint density at radius 1 is 0.940 bits per heavy atom. The number of likely N-dealkylation sites (N-methyl/N-ethyl adjacent to an activating group) is 1. The summed E-state index contributed by atoms with van der Waals surface area (Å²) in [5.41, 5.74) is 12.7. The van der Waals surface area contributed by atoms with Crippen LogP contribution in [0.5, 0.6) is 5.75 Å². The third-order valence-corrected chi connectivity index (χ3v) is 9.47. The Labute approximate surface area is 288 Å². The average molecular weight is 688 g/mol. The fourth-order valence-corrected chi connectivity index (χ4v) is 6.93. The zero-order valence-electron chi connectivity index (χ0n) is 28.9. The maximum absolute atomic E-state index is 16.6. The highest BCUT2D eigenvalue weighted by molar-refractivity contribution is 6.00. The van der Waals surface area contributed by atoms with Crippen LogP contribution in [0.2, 0.25) is 0 Å². The molecule has 1 aliphatic heterocycles. The van der Waals surface area contributed by atoms with E-state index in [1.807, 2.05) is 4.68 Å². The molecule has 17 heteroatoms. The molecule has 264 valence electrons. The third-order valence-electron chi connectivity index (χ3n) is 9.47. The van der Waals surface area contributed by atoms with Crippen molar-refractivity contribution in [3.8, 4) is 17.0 Å². The van der Waals surface area contributed by atoms with Crippen molar-refractivity contribution in [1.82, 2.24) is 49.4 Å². The molecule has 4 N–H and O–H groups in total. The molecule has 1 saturated heterocycles. The summed E-state index contributed by atoms with van der Waals surface area (Å²) >= 11 is 0. The molecule has 5 aromatic rings. The quantitative estimate of drug-likeness (QED) is 0.262. The lowest BCUT2D eigenvalue weighted by Crippen LogP contribution is -2.49. The number of rotatable bonds is 6. The van der Waals surface area contributed by atoms with Crippen LogP contribution in [-0.2, 0) is 4.74 Å². The van der Waals surface area contributed by atoms with E-state index in [9.17, 15) is 4.79 Å². The van der Waals surface area contributed by atoms with Crippen LogP contribution in [0, 0.1) is 5.82 Å². The molecular formula is C33H42FN13O3. The van der Waals surface area contributed by atoms with Crippen LogP contribution in [0.1, 0.15) is 52.5 Å². The van der Waals surface area contributed by atoms with Gasteiger partial charge in [0.1, 0.15) is 52.8 Å². The first-order valence-corrected chi connectivity index (χ1v) is 16.7. The van der Waals surface area contributed by atoms with E-state index in [2.05, 4.69) is 41.9 Å². The van der Waals surface area contributed by atoms with Gasteiger partial charge in [0.15, 0.2) is 11.3 Å². The summed E-state index contributed by atoms with van der Waals surface area (Å²) in [6.45, 7) is 9.47. The van der Waals surface area contributed by atoms with E-state index >= 15 is 4.39 Å². The van der Waals surface area contributed by atoms with Gasteiger partial charge in [-0.3, -0.25) is 4.90 Å². The smallest absolute Gasteiger partial charge is 0.435 e. The molecule has 1 amide bonds. The fourth-order valence-electron chi connectivity index (χ4n) is 6.93. The Kier molecular flexibility index (Phi) is 8.63. The van der Waals surface area contributed by atoms with Gasteiger partial charge in [0.2, 0.25) is 0 Å². The van der Waals surface area contributed by atoms with Crippen LogP contribution in [0.25, 0.3) is 33.3 Å². The number of amides is 1. The minimum Gasteiger partial charge on any atom is -0.494 e. The van der Waals surface area contributed by atoms with Crippen LogP contribution < -0.4 is 21.2 Å². The molecule has 7 rings (SSSR count). The Hall–Kier alpha value is -5.16. The number of carbonyl (C=O) groups is 1. The standard InChI is InChI=1S/C33H42FN13O3/c1-33(2,3)50-32(48)46(47-30-22(16-41-47)28(35)37-17-39-30)24-15-23(34)21(14-25(24)49-5)27-26-29(36)38-18-40-31(26)45(42-27)20-8-6-19(7-9-20)44-12-10-43(4)11-13-44/h14-20H,6-13H2,1-5H3,(H2,35,37,39)(H2,36,38,40). The monoisotopic (exact) mass is 687 g/mol. The summed E-state index contributed by atoms with van der Waals surface area (Å²) in [5, 5.41) is 11.2. The first-order valence-electron chi connectivity index (χ1n) is 16.7. The molecule has 2 aliphatic rings. The molecule has 0 atom stereocenters. The summed E-state index contributed by atoms with van der Waals surface area (Å²) in [6, 6.07) is 3.22. The van der Waals surface area contributed by atoms with Crippen LogP contribution >= 0.6 is 0 Å². The zero-order chi connectivity index (χ0) is 35.3. The first kappa shape index (κ1) is 33.3. The Balaban J connectivity index is 1.28. The van der Waals surface area contributed by atoms with Gasteiger partial charge in [-0.1, -0.05) is 0 Å². The van der Waals surface area contributed by atoms with Gasteiger partial charge in [0.25, 0.3) is 0 Å². The van der Waals surface area contributed by atoms with Gasteiger partial charge in [-0.2, -0.15) is 15.2 Å². The van der Waals surface area contributed by atoms with Gasteiger partial charge in [-0.05, 0) is 59.6 Å². The van der Waals surface area contributed by atoms with Crippen LogP contribution in [-0.4, -0.2) is 107 Å². The molecular weight excluding hydrogens is 645 g/mol. The molecule has 16 nitrogen and oxygen atoms in total. The molecule has 2 fully saturated rings. The summed E-state index contributed by atoms with van der Waals surface area (Å²) < 4.78 is 30.0. The number of carbonyl (C=O) groups excluding carboxylic acids is 1. The van der Waals surface area contributed by atoms with E-state index in [0.29, 0.717) is 22.5 Å². The highest BCUT2D eigenvalue weighted by Gasteiger charge is 2.34. The Morgan fingerprint density at radius 3 is 2.28 bits per heavy atom. The van der Waals surface area contributed by atoms with Gasteiger partial charge in [0.05, 0.1) is 30.1 Å². The molecule has 1 saturated carbocycles. The number of ether oxygens (including phenoxy) is 2. The van der Waals surface area contributed by atoms with Crippen molar-refractivity contribution in [2.45, 2.75) is 64.1 Å². The van der Waals surface area contributed by atoms with E-state index in [0.717, 1.165) is 56.9 Å². The van der Waals surface area contributed by atoms with E-state index in [1.165, 1.54) is 42.9 Å². The lowest BCUT2D eigenvalue weighted by Gasteiger charge is -2.41. The molecule has 5 heterocycles. The Bertz CT molecular complexity index is 2040.